The van der Waals surface area contributed by atoms with Gasteiger partial charge in [-0.15, -0.1) is 0 Å². The predicted octanol–water partition coefficient (Wildman–Crippen LogP) is 0.343. The van der Waals surface area contributed by atoms with Crippen LogP contribution in [0.2, 0.25) is 0 Å². The molecular formula is C20H34N4O3. The molecule has 0 aromatic rings. The molecule has 3 heterocycles. The van der Waals surface area contributed by atoms with Gasteiger partial charge in [0, 0.05) is 51.8 Å². The minimum absolute atomic E-state index is 0.0696. The lowest BCUT2D eigenvalue weighted by atomic mass is 9.75. The van der Waals surface area contributed by atoms with E-state index in [1.807, 2.05) is 4.90 Å². The van der Waals surface area contributed by atoms with Gasteiger partial charge < -0.3 is 25.2 Å². The van der Waals surface area contributed by atoms with E-state index >= 15 is 0 Å². The third-order valence-corrected chi connectivity index (χ3v) is 7.01. The first-order valence-electron chi connectivity index (χ1n) is 10.7. The maximum Gasteiger partial charge on any atom is 0.252 e. The van der Waals surface area contributed by atoms with E-state index < -0.39 is 0 Å². The summed E-state index contributed by atoms with van der Waals surface area (Å²) in [6.45, 7) is 8.08. The molecule has 152 valence electrons. The quantitative estimate of drug-likeness (QED) is 0.725. The molecule has 5 unspecified atom stereocenters. The van der Waals surface area contributed by atoms with Crippen molar-refractivity contribution in [2.45, 2.75) is 76.2 Å². The maximum absolute atomic E-state index is 13.2. The number of nitrogens with one attached hydrogen (secondary N) is 2. The van der Waals surface area contributed by atoms with Crippen LogP contribution in [0.5, 0.6) is 0 Å². The molecule has 0 spiro atoms. The molecule has 1 saturated carbocycles. The molecule has 7 heteroatoms. The van der Waals surface area contributed by atoms with Gasteiger partial charge in [-0.25, -0.2) is 0 Å². The number of ether oxygens (including phenoxy) is 1. The SMILES string of the molecule is CC(=O)N1C2CCC(C3CNCCN3)CC2N(C(=O)C2CCCO2)C[C@@H]1C. The lowest BCUT2D eigenvalue weighted by Crippen LogP contribution is -2.68. The smallest absolute Gasteiger partial charge is 0.252 e. The van der Waals surface area contributed by atoms with Crippen LogP contribution in [0.3, 0.4) is 0 Å². The summed E-state index contributed by atoms with van der Waals surface area (Å²) in [4.78, 5) is 29.7. The van der Waals surface area contributed by atoms with Crippen molar-refractivity contribution in [3.05, 3.63) is 0 Å². The van der Waals surface area contributed by atoms with Gasteiger partial charge in [0.25, 0.3) is 5.91 Å². The van der Waals surface area contributed by atoms with E-state index in [4.69, 9.17) is 4.74 Å². The maximum atomic E-state index is 13.2. The molecule has 3 saturated heterocycles. The number of amides is 2. The van der Waals surface area contributed by atoms with Crippen LogP contribution in [-0.4, -0.2) is 84.7 Å². The van der Waals surface area contributed by atoms with Gasteiger partial charge in [-0.05, 0) is 44.9 Å². The molecule has 0 bridgehead atoms. The van der Waals surface area contributed by atoms with Gasteiger partial charge in [0.1, 0.15) is 6.10 Å². The number of carbonyl (C=O) groups is 2. The van der Waals surface area contributed by atoms with Crippen LogP contribution in [0, 0.1) is 5.92 Å². The Labute approximate surface area is 162 Å². The second kappa shape index (κ2) is 8.05. The highest BCUT2D eigenvalue weighted by molar-refractivity contribution is 5.82. The van der Waals surface area contributed by atoms with E-state index in [-0.39, 0.29) is 36.0 Å². The van der Waals surface area contributed by atoms with Crippen molar-refractivity contribution < 1.29 is 14.3 Å². The van der Waals surface area contributed by atoms with E-state index in [2.05, 4.69) is 22.5 Å². The van der Waals surface area contributed by atoms with Crippen LogP contribution < -0.4 is 10.6 Å². The second-order valence-corrected chi connectivity index (χ2v) is 8.74. The second-order valence-electron chi connectivity index (χ2n) is 8.74. The van der Waals surface area contributed by atoms with E-state index in [0.29, 0.717) is 25.1 Å². The summed E-state index contributed by atoms with van der Waals surface area (Å²) in [6.07, 6.45) is 4.57. The summed E-state index contributed by atoms with van der Waals surface area (Å²) < 4.78 is 5.71. The molecule has 0 aromatic carbocycles. The highest BCUT2D eigenvalue weighted by Gasteiger charge is 2.48. The largest absolute Gasteiger partial charge is 0.368 e. The van der Waals surface area contributed by atoms with Crippen molar-refractivity contribution in [2.75, 3.05) is 32.8 Å². The van der Waals surface area contributed by atoms with Gasteiger partial charge in [0.2, 0.25) is 5.91 Å². The van der Waals surface area contributed by atoms with Crippen molar-refractivity contribution in [1.82, 2.24) is 20.4 Å². The van der Waals surface area contributed by atoms with Gasteiger partial charge in [0.05, 0.1) is 12.1 Å². The van der Waals surface area contributed by atoms with E-state index in [0.717, 1.165) is 51.7 Å². The van der Waals surface area contributed by atoms with Crippen LogP contribution in [0.15, 0.2) is 0 Å². The number of hydrogen-bond donors (Lipinski definition) is 2. The van der Waals surface area contributed by atoms with E-state index in [1.54, 1.807) is 6.92 Å². The van der Waals surface area contributed by atoms with Gasteiger partial charge in [-0.1, -0.05) is 0 Å². The standard InChI is InChI=1S/C20H34N4O3/c1-13-12-23(20(26)19-4-3-9-27-19)18-10-15(16-11-21-7-8-22-16)5-6-17(18)24(13)14(2)25/h13,15-19,21-22H,3-12H2,1-2H3/t13-,15?,16?,17?,18?,19?/m0/s1. The number of nitrogens with zero attached hydrogens (tertiary/aromatic N) is 2. The zero-order chi connectivity index (χ0) is 19.0. The Bertz CT molecular complexity index is 559. The number of fused-ring (bicyclic) bond motifs is 1. The lowest BCUT2D eigenvalue weighted by Gasteiger charge is -2.55. The Kier molecular flexibility index (Phi) is 5.71. The van der Waals surface area contributed by atoms with Crippen molar-refractivity contribution in [1.29, 1.82) is 0 Å². The molecule has 4 aliphatic rings. The minimum atomic E-state index is -0.281. The summed E-state index contributed by atoms with van der Waals surface area (Å²) in [5.41, 5.74) is 0. The normalized spacial score (nSPS) is 39.9. The molecule has 4 rings (SSSR count). The van der Waals surface area contributed by atoms with Crippen LogP contribution in [0.4, 0.5) is 0 Å². The molecule has 1 aliphatic carbocycles. The number of carbonyl (C=O) groups excluding carboxylic acids is 2. The van der Waals surface area contributed by atoms with E-state index in [9.17, 15) is 9.59 Å². The van der Waals surface area contributed by atoms with Gasteiger partial charge >= 0.3 is 0 Å². The average molecular weight is 379 g/mol. The first-order chi connectivity index (χ1) is 13.1. The Morgan fingerprint density at radius 2 is 1.96 bits per heavy atom. The summed E-state index contributed by atoms with van der Waals surface area (Å²) >= 11 is 0. The fraction of sp³-hybridized carbons (Fsp3) is 0.900. The fourth-order valence-electron chi connectivity index (χ4n) is 5.79. The first kappa shape index (κ1) is 19.2. The molecule has 0 aromatic heterocycles. The van der Waals surface area contributed by atoms with Gasteiger partial charge in [-0.3, -0.25) is 9.59 Å². The van der Waals surface area contributed by atoms with Crippen LogP contribution >= 0.6 is 0 Å². The minimum Gasteiger partial charge on any atom is -0.368 e. The molecule has 0 radical (unpaired) electrons. The molecule has 27 heavy (non-hydrogen) atoms. The molecular weight excluding hydrogens is 344 g/mol. The summed E-state index contributed by atoms with van der Waals surface area (Å²) in [6, 6.07) is 0.790. The Morgan fingerprint density at radius 1 is 1.11 bits per heavy atom. The van der Waals surface area contributed by atoms with Crippen molar-refractivity contribution >= 4 is 11.8 Å². The van der Waals surface area contributed by atoms with Crippen LogP contribution in [-0.2, 0) is 14.3 Å². The first-order valence-corrected chi connectivity index (χ1v) is 10.7. The van der Waals surface area contributed by atoms with Gasteiger partial charge in [0.15, 0.2) is 0 Å². The molecule has 4 fully saturated rings. The molecule has 3 aliphatic heterocycles. The summed E-state index contributed by atoms with van der Waals surface area (Å²) in [5, 5.41) is 7.14. The van der Waals surface area contributed by atoms with E-state index in [1.165, 1.54) is 0 Å². The average Bonchev–Trinajstić information content (AvgIpc) is 3.21. The Balaban J connectivity index is 1.55. The highest BCUT2D eigenvalue weighted by Crippen LogP contribution is 2.38. The van der Waals surface area contributed by atoms with Crippen molar-refractivity contribution in [3.63, 3.8) is 0 Å². The molecule has 6 atom stereocenters. The fourth-order valence-corrected chi connectivity index (χ4v) is 5.79. The topological polar surface area (TPSA) is 73.9 Å². The predicted molar refractivity (Wildman–Crippen MR) is 102 cm³/mol. The third-order valence-electron chi connectivity index (χ3n) is 7.01. The molecule has 7 nitrogen and oxygen atoms in total. The Hall–Kier alpha value is -1.18. The number of hydrogen-bond acceptors (Lipinski definition) is 5. The highest BCUT2D eigenvalue weighted by atomic mass is 16.5. The monoisotopic (exact) mass is 378 g/mol. The number of rotatable bonds is 2. The lowest BCUT2D eigenvalue weighted by molar-refractivity contribution is -0.160. The van der Waals surface area contributed by atoms with Crippen LogP contribution in [0.1, 0.15) is 46.0 Å². The summed E-state index contributed by atoms with van der Waals surface area (Å²) in [7, 11) is 0. The summed E-state index contributed by atoms with van der Waals surface area (Å²) in [5.74, 6) is 0.826. The van der Waals surface area contributed by atoms with Crippen molar-refractivity contribution in [2.24, 2.45) is 5.92 Å². The zero-order valence-corrected chi connectivity index (χ0v) is 16.7. The molecule has 2 N–H and O–H groups in total. The third kappa shape index (κ3) is 3.74. The van der Waals surface area contributed by atoms with Crippen LogP contribution in [0.25, 0.3) is 0 Å². The van der Waals surface area contributed by atoms with Gasteiger partial charge in [-0.2, -0.15) is 0 Å². The molecule has 2 amide bonds. The number of piperazine rings is 2. The van der Waals surface area contributed by atoms with Crippen molar-refractivity contribution in [3.8, 4) is 0 Å². The zero-order valence-electron chi connectivity index (χ0n) is 16.7. The Morgan fingerprint density at radius 3 is 2.63 bits per heavy atom.